The highest BCUT2D eigenvalue weighted by Gasteiger charge is 2.39. The first-order valence-electron chi connectivity index (χ1n) is 10.2. The second-order valence-electron chi connectivity index (χ2n) is 8.65. The van der Waals surface area contributed by atoms with Crippen LogP contribution in [-0.4, -0.2) is 99.4 Å². The van der Waals surface area contributed by atoms with Crippen molar-refractivity contribution in [1.82, 2.24) is 9.80 Å². The molecule has 1 aliphatic carbocycles. The van der Waals surface area contributed by atoms with Crippen LogP contribution in [0.4, 0.5) is 0 Å². The molecule has 142 valence electrons. The fourth-order valence-electron chi connectivity index (χ4n) is 4.57. The summed E-state index contributed by atoms with van der Waals surface area (Å²) >= 11 is 0. The minimum absolute atomic E-state index is 0.474. The van der Waals surface area contributed by atoms with Crippen LogP contribution in [0.1, 0.15) is 25.7 Å². The van der Waals surface area contributed by atoms with Crippen molar-refractivity contribution in [2.75, 3.05) is 59.2 Å². The molecular formula is C19H32N2O4. The van der Waals surface area contributed by atoms with Crippen LogP contribution in [0.15, 0.2) is 0 Å². The third-order valence-electron chi connectivity index (χ3n) is 6.37. The van der Waals surface area contributed by atoms with E-state index in [9.17, 15) is 0 Å². The van der Waals surface area contributed by atoms with Crippen molar-refractivity contribution in [3.8, 4) is 0 Å². The summed E-state index contributed by atoms with van der Waals surface area (Å²) in [6, 6.07) is 1.39. The molecule has 0 aromatic carbocycles. The molecule has 6 heteroatoms. The molecule has 5 fully saturated rings. The summed E-state index contributed by atoms with van der Waals surface area (Å²) in [4.78, 5) is 5.41. The van der Waals surface area contributed by atoms with E-state index in [1.165, 1.54) is 32.2 Å². The van der Waals surface area contributed by atoms with Gasteiger partial charge in [0.1, 0.15) is 0 Å². The summed E-state index contributed by atoms with van der Waals surface area (Å²) in [5, 5.41) is 0. The Balaban J connectivity index is 1.20. The number of hydrogen-bond acceptors (Lipinski definition) is 6. The average Bonchev–Trinajstić information content (AvgIpc) is 3.43. The molecule has 5 unspecified atom stereocenters. The molecule has 0 aromatic heterocycles. The molecule has 6 nitrogen and oxygen atoms in total. The summed E-state index contributed by atoms with van der Waals surface area (Å²) < 4.78 is 22.0. The number of epoxide rings is 3. The Bertz CT molecular complexity index is 435. The van der Waals surface area contributed by atoms with E-state index >= 15 is 0 Å². The Labute approximate surface area is 150 Å². The Morgan fingerprint density at radius 1 is 0.640 bits per heavy atom. The van der Waals surface area contributed by atoms with Gasteiger partial charge in [-0.1, -0.05) is 6.42 Å². The van der Waals surface area contributed by atoms with Crippen molar-refractivity contribution in [3.05, 3.63) is 0 Å². The van der Waals surface area contributed by atoms with Crippen molar-refractivity contribution >= 4 is 0 Å². The zero-order valence-corrected chi connectivity index (χ0v) is 15.2. The van der Waals surface area contributed by atoms with E-state index in [0.717, 1.165) is 58.6 Å². The smallest absolute Gasteiger partial charge is 0.0936 e. The van der Waals surface area contributed by atoms with Crippen LogP contribution < -0.4 is 0 Å². The molecule has 1 saturated carbocycles. The minimum Gasteiger partial charge on any atom is -0.381 e. The van der Waals surface area contributed by atoms with Gasteiger partial charge in [0, 0.05) is 44.2 Å². The van der Waals surface area contributed by atoms with E-state index in [4.69, 9.17) is 18.9 Å². The van der Waals surface area contributed by atoms with Gasteiger partial charge in [-0.2, -0.15) is 0 Å². The van der Waals surface area contributed by atoms with Crippen molar-refractivity contribution < 1.29 is 18.9 Å². The minimum atomic E-state index is 0.474. The molecule has 5 rings (SSSR count). The summed E-state index contributed by atoms with van der Waals surface area (Å²) in [6.07, 6.45) is 6.73. The third kappa shape index (κ3) is 4.73. The van der Waals surface area contributed by atoms with Crippen molar-refractivity contribution in [2.24, 2.45) is 5.92 Å². The highest BCUT2D eigenvalue weighted by atomic mass is 16.6. The number of nitrogens with zero attached hydrogens (tertiary/aromatic N) is 2. The lowest BCUT2D eigenvalue weighted by Crippen LogP contribution is -2.51. The van der Waals surface area contributed by atoms with Gasteiger partial charge in [-0.15, -0.1) is 0 Å². The Kier molecular flexibility index (Phi) is 5.01. The summed E-state index contributed by atoms with van der Waals surface area (Å²) in [5.74, 6) is 0.731. The molecule has 0 N–H and O–H groups in total. The molecule has 0 radical (unpaired) electrons. The van der Waals surface area contributed by atoms with E-state index in [2.05, 4.69) is 9.80 Å². The molecule has 4 aliphatic heterocycles. The first-order chi connectivity index (χ1) is 12.3. The van der Waals surface area contributed by atoms with Crippen LogP contribution in [0.25, 0.3) is 0 Å². The fraction of sp³-hybridized carbons (Fsp3) is 1.00. The highest BCUT2D eigenvalue weighted by Crippen LogP contribution is 2.31. The topological polar surface area (TPSA) is 53.3 Å². The largest absolute Gasteiger partial charge is 0.381 e. The van der Waals surface area contributed by atoms with Gasteiger partial charge in [0.25, 0.3) is 0 Å². The third-order valence-corrected chi connectivity index (χ3v) is 6.37. The number of rotatable bonds is 10. The lowest BCUT2D eigenvalue weighted by molar-refractivity contribution is -0.0566. The van der Waals surface area contributed by atoms with E-state index in [1.54, 1.807) is 0 Å². The van der Waals surface area contributed by atoms with Crippen LogP contribution in [0.5, 0.6) is 0 Å². The van der Waals surface area contributed by atoms with Gasteiger partial charge in [0.2, 0.25) is 0 Å². The van der Waals surface area contributed by atoms with E-state index < -0.39 is 0 Å². The van der Waals surface area contributed by atoms with E-state index in [-0.39, 0.29) is 0 Å². The molecule has 5 aliphatic rings. The standard InChI is InChI=1S/C19H32N2O4/c1-2-15(20(6-17-11-23-17)5-14-9-22-10-14)4-16(3-1)21(7-18-12-24-18)8-19-13-25-19/h14-19H,1-13H2. The molecule has 25 heavy (non-hydrogen) atoms. The fourth-order valence-corrected chi connectivity index (χ4v) is 4.57. The van der Waals surface area contributed by atoms with Crippen LogP contribution in [0.3, 0.4) is 0 Å². The van der Waals surface area contributed by atoms with Gasteiger partial charge in [0.15, 0.2) is 0 Å². The Morgan fingerprint density at radius 2 is 1.12 bits per heavy atom. The molecule has 4 heterocycles. The van der Waals surface area contributed by atoms with Gasteiger partial charge in [-0.05, 0) is 19.3 Å². The Morgan fingerprint density at radius 3 is 1.52 bits per heavy atom. The van der Waals surface area contributed by atoms with Crippen LogP contribution >= 0.6 is 0 Å². The molecule has 0 amide bonds. The molecular weight excluding hydrogens is 320 g/mol. The van der Waals surface area contributed by atoms with E-state index in [1.807, 2.05) is 0 Å². The van der Waals surface area contributed by atoms with Gasteiger partial charge in [-0.25, -0.2) is 0 Å². The predicted octanol–water partition coefficient (Wildman–Crippen LogP) is 0.744. The number of ether oxygens (including phenoxy) is 4. The maximum absolute atomic E-state index is 5.54. The molecule has 0 aromatic rings. The quantitative estimate of drug-likeness (QED) is 0.541. The van der Waals surface area contributed by atoms with Gasteiger partial charge in [-0.3, -0.25) is 9.80 Å². The van der Waals surface area contributed by atoms with Gasteiger partial charge < -0.3 is 18.9 Å². The molecule has 0 spiro atoms. The van der Waals surface area contributed by atoms with Gasteiger partial charge in [0.05, 0.1) is 51.3 Å². The lowest BCUT2D eigenvalue weighted by atomic mass is 9.88. The normalized spacial score (nSPS) is 40.3. The van der Waals surface area contributed by atoms with Crippen molar-refractivity contribution in [2.45, 2.75) is 56.1 Å². The van der Waals surface area contributed by atoms with Crippen LogP contribution in [0.2, 0.25) is 0 Å². The highest BCUT2D eigenvalue weighted by molar-refractivity contribution is 4.92. The summed E-state index contributed by atoms with van der Waals surface area (Å²) in [6.45, 7) is 9.25. The summed E-state index contributed by atoms with van der Waals surface area (Å²) in [5.41, 5.74) is 0. The average molecular weight is 352 g/mol. The second-order valence-corrected chi connectivity index (χ2v) is 8.65. The lowest BCUT2D eigenvalue weighted by Gasteiger charge is -2.43. The zero-order valence-electron chi connectivity index (χ0n) is 15.2. The molecule has 4 saturated heterocycles. The van der Waals surface area contributed by atoms with Crippen molar-refractivity contribution in [1.29, 1.82) is 0 Å². The number of hydrogen-bond donors (Lipinski definition) is 0. The second kappa shape index (κ2) is 7.41. The summed E-state index contributed by atoms with van der Waals surface area (Å²) in [7, 11) is 0. The molecule has 5 atom stereocenters. The predicted molar refractivity (Wildman–Crippen MR) is 92.7 cm³/mol. The maximum atomic E-state index is 5.54. The van der Waals surface area contributed by atoms with Crippen LogP contribution in [-0.2, 0) is 18.9 Å². The Hall–Kier alpha value is -0.240. The van der Waals surface area contributed by atoms with E-state index in [0.29, 0.717) is 30.4 Å². The molecule has 0 bridgehead atoms. The first-order valence-corrected chi connectivity index (χ1v) is 10.2. The SMILES string of the molecule is C1CC(N(CC2COC2)CC2CO2)CC(N(CC2CO2)CC2CO2)C1. The first kappa shape index (κ1) is 16.9. The van der Waals surface area contributed by atoms with Crippen molar-refractivity contribution in [3.63, 3.8) is 0 Å². The van der Waals surface area contributed by atoms with Crippen LogP contribution in [0, 0.1) is 5.92 Å². The monoisotopic (exact) mass is 352 g/mol. The van der Waals surface area contributed by atoms with Gasteiger partial charge >= 0.3 is 0 Å². The maximum Gasteiger partial charge on any atom is 0.0936 e. The zero-order chi connectivity index (χ0) is 16.6.